The Morgan fingerprint density at radius 2 is 2.19 bits per heavy atom. The average molecular weight is 293 g/mol. The molecule has 118 valence electrons. The van der Waals surface area contributed by atoms with Crippen LogP contribution >= 0.6 is 0 Å². The minimum atomic E-state index is -0.222. The molecule has 0 bridgehead atoms. The third-order valence-electron chi connectivity index (χ3n) is 4.32. The van der Waals surface area contributed by atoms with E-state index in [1.807, 2.05) is 6.07 Å². The number of nitrogens with one attached hydrogen (secondary N) is 1. The largest absolute Gasteiger partial charge is 0.490 e. The normalized spacial score (nSPS) is 23.8. The predicted octanol–water partition coefficient (Wildman–Crippen LogP) is 4.84. The molecule has 0 aliphatic heterocycles. The Balaban J connectivity index is 2.10. The number of hydrogen-bond donors (Lipinski definition) is 1. The molecule has 1 aliphatic rings. The first-order valence-corrected chi connectivity index (χ1v) is 8.29. The van der Waals surface area contributed by atoms with Gasteiger partial charge in [0.05, 0.1) is 6.10 Å². The monoisotopic (exact) mass is 293 g/mol. The van der Waals surface area contributed by atoms with E-state index in [0.717, 1.165) is 31.4 Å². The molecule has 1 N–H and O–H groups in total. The fraction of sp³-hybridized carbons (Fsp3) is 0.667. The Labute approximate surface area is 128 Å². The van der Waals surface area contributed by atoms with Crippen molar-refractivity contribution in [2.75, 3.05) is 6.54 Å². The average Bonchev–Trinajstić information content (AvgIpc) is 2.45. The molecule has 21 heavy (non-hydrogen) atoms. The van der Waals surface area contributed by atoms with E-state index >= 15 is 0 Å². The van der Waals surface area contributed by atoms with Gasteiger partial charge in [-0.1, -0.05) is 26.3 Å². The van der Waals surface area contributed by atoms with E-state index < -0.39 is 0 Å². The maximum Gasteiger partial charge on any atom is 0.127 e. The van der Waals surface area contributed by atoms with Crippen LogP contribution < -0.4 is 10.1 Å². The molecule has 3 unspecified atom stereocenters. The Kier molecular flexibility index (Phi) is 6.04. The van der Waals surface area contributed by atoms with Crippen molar-refractivity contribution in [2.24, 2.45) is 5.92 Å². The fourth-order valence-corrected chi connectivity index (χ4v) is 3.10. The van der Waals surface area contributed by atoms with E-state index in [9.17, 15) is 4.39 Å². The van der Waals surface area contributed by atoms with Crippen LogP contribution in [0.1, 0.15) is 64.5 Å². The molecule has 0 saturated heterocycles. The van der Waals surface area contributed by atoms with Gasteiger partial charge in [-0.25, -0.2) is 4.39 Å². The zero-order valence-corrected chi connectivity index (χ0v) is 13.5. The molecule has 1 aliphatic carbocycles. The number of hydrogen-bond acceptors (Lipinski definition) is 2. The highest BCUT2D eigenvalue weighted by atomic mass is 19.1. The Morgan fingerprint density at radius 3 is 2.90 bits per heavy atom. The lowest BCUT2D eigenvalue weighted by Crippen LogP contribution is -2.26. The number of ether oxygens (including phenoxy) is 1. The van der Waals surface area contributed by atoms with Crippen molar-refractivity contribution in [3.8, 4) is 5.75 Å². The molecular formula is C18H28FNO. The summed E-state index contributed by atoms with van der Waals surface area (Å²) in [5.41, 5.74) is 1.06. The fourth-order valence-electron chi connectivity index (χ4n) is 3.10. The van der Waals surface area contributed by atoms with Gasteiger partial charge in [-0.3, -0.25) is 0 Å². The number of benzene rings is 1. The predicted molar refractivity (Wildman–Crippen MR) is 85.2 cm³/mol. The van der Waals surface area contributed by atoms with Crippen LogP contribution in [-0.2, 0) is 0 Å². The second kappa shape index (κ2) is 7.79. The summed E-state index contributed by atoms with van der Waals surface area (Å²) in [6.07, 6.45) is 5.96. The third kappa shape index (κ3) is 4.70. The summed E-state index contributed by atoms with van der Waals surface area (Å²) in [7, 11) is 0. The topological polar surface area (TPSA) is 21.3 Å². The van der Waals surface area contributed by atoms with Crippen LogP contribution in [0.2, 0.25) is 0 Å². The van der Waals surface area contributed by atoms with E-state index in [1.54, 1.807) is 6.07 Å². The van der Waals surface area contributed by atoms with Gasteiger partial charge in [0, 0.05) is 17.7 Å². The van der Waals surface area contributed by atoms with E-state index in [2.05, 4.69) is 26.1 Å². The van der Waals surface area contributed by atoms with Gasteiger partial charge in [0.1, 0.15) is 11.6 Å². The van der Waals surface area contributed by atoms with Crippen LogP contribution in [0.4, 0.5) is 4.39 Å². The highest BCUT2D eigenvalue weighted by Gasteiger charge is 2.22. The van der Waals surface area contributed by atoms with Gasteiger partial charge >= 0.3 is 0 Å². The Hall–Kier alpha value is -1.09. The molecule has 3 atom stereocenters. The lowest BCUT2D eigenvalue weighted by atomic mass is 9.88. The Bertz CT molecular complexity index is 449. The van der Waals surface area contributed by atoms with Crippen LogP contribution in [0, 0.1) is 11.7 Å². The minimum absolute atomic E-state index is 0.182. The van der Waals surface area contributed by atoms with Crippen molar-refractivity contribution >= 4 is 0 Å². The van der Waals surface area contributed by atoms with E-state index in [4.69, 9.17) is 4.74 Å². The van der Waals surface area contributed by atoms with Gasteiger partial charge in [-0.15, -0.1) is 0 Å². The van der Waals surface area contributed by atoms with E-state index in [0.29, 0.717) is 11.7 Å². The molecule has 1 saturated carbocycles. The number of rotatable bonds is 6. The molecule has 1 aromatic carbocycles. The van der Waals surface area contributed by atoms with Gasteiger partial charge in [0.15, 0.2) is 0 Å². The molecule has 1 aromatic rings. The first-order chi connectivity index (χ1) is 10.1. The summed E-state index contributed by atoms with van der Waals surface area (Å²) < 4.78 is 19.8. The second-order valence-electron chi connectivity index (χ2n) is 6.37. The molecule has 0 aromatic heterocycles. The van der Waals surface area contributed by atoms with Crippen LogP contribution in [0.3, 0.4) is 0 Å². The van der Waals surface area contributed by atoms with Gasteiger partial charge in [-0.2, -0.15) is 0 Å². The summed E-state index contributed by atoms with van der Waals surface area (Å²) >= 11 is 0. The summed E-state index contributed by atoms with van der Waals surface area (Å²) in [6, 6.07) is 5.10. The quantitative estimate of drug-likeness (QED) is 0.810. The maximum atomic E-state index is 13.6. The smallest absolute Gasteiger partial charge is 0.127 e. The van der Waals surface area contributed by atoms with E-state index in [1.165, 1.54) is 18.9 Å². The van der Waals surface area contributed by atoms with Crippen LogP contribution in [0.25, 0.3) is 0 Å². The lowest BCUT2D eigenvalue weighted by molar-refractivity contribution is 0.127. The van der Waals surface area contributed by atoms with Crippen molar-refractivity contribution in [2.45, 2.75) is 65.0 Å². The maximum absolute atomic E-state index is 13.6. The third-order valence-corrected chi connectivity index (χ3v) is 4.32. The van der Waals surface area contributed by atoms with Crippen molar-refractivity contribution in [3.63, 3.8) is 0 Å². The second-order valence-corrected chi connectivity index (χ2v) is 6.37. The summed E-state index contributed by atoms with van der Waals surface area (Å²) in [6.45, 7) is 7.48. The summed E-state index contributed by atoms with van der Waals surface area (Å²) in [5, 5.41) is 3.45. The highest BCUT2D eigenvalue weighted by Crippen LogP contribution is 2.32. The van der Waals surface area contributed by atoms with Crippen LogP contribution in [-0.4, -0.2) is 12.6 Å². The van der Waals surface area contributed by atoms with Crippen LogP contribution in [0.5, 0.6) is 5.75 Å². The van der Waals surface area contributed by atoms with Crippen molar-refractivity contribution < 1.29 is 9.13 Å². The summed E-state index contributed by atoms with van der Waals surface area (Å²) in [4.78, 5) is 0. The number of halogens is 1. The standard InChI is InChI=1S/C18H28FNO/c1-4-10-20-14(3)17-9-8-15(19)12-18(17)21-16-7-5-6-13(2)11-16/h8-9,12-14,16,20H,4-7,10-11H2,1-3H3. The molecule has 2 nitrogen and oxygen atoms in total. The van der Waals surface area contributed by atoms with Crippen molar-refractivity contribution in [1.82, 2.24) is 5.32 Å². The van der Waals surface area contributed by atoms with Crippen molar-refractivity contribution in [1.29, 1.82) is 0 Å². The molecule has 0 radical (unpaired) electrons. The lowest BCUT2D eigenvalue weighted by Gasteiger charge is -2.29. The van der Waals surface area contributed by atoms with Crippen molar-refractivity contribution in [3.05, 3.63) is 29.6 Å². The first-order valence-electron chi connectivity index (χ1n) is 8.29. The van der Waals surface area contributed by atoms with E-state index in [-0.39, 0.29) is 18.0 Å². The molecule has 2 rings (SSSR count). The van der Waals surface area contributed by atoms with Gasteiger partial charge in [0.2, 0.25) is 0 Å². The SMILES string of the molecule is CCCNC(C)c1ccc(F)cc1OC1CCCC(C)C1. The van der Waals surface area contributed by atoms with Gasteiger partial charge in [-0.05, 0) is 51.1 Å². The zero-order chi connectivity index (χ0) is 15.2. The van der Waals surface area contributed by atoms with Crippen LogP contribution in [0.15, 0.2) is 18.2 Å². The first kappa shape index (κ1) is 16.3. The molecule has 0 spiro atoms. The molecule has 3 heteroatoms. The molecule has 0 heterocycles. The molecule has 1 fully saturated rings. The molecular weight excluding hydrogens is 265 g/mol. The molecule has 0 amide bonds. The minimum Gasteiger partial charge on any atom is -0.490 e. The summed E-state index contributed by atoms with van der Waals surface area (Å²) in [5.74, 6) is 1.20. The van der Waals surface area contributed by atoms with Gasteiger partial charge in [0.25, 0.3) is 0 Å². The van der Waals surface area contributed by atoms with Gasteiger partial charge < -0.3 is 10.1 Å². The highest BCUT2D eigenvalue weighted by molar-refractivity contribution is 5.36. The Morgan fingerprint density at radius 1 is 1.38 bits per heavy atom. The zero-order valence-electron chi connectivity index (χ0n) is 13.5.